The van der Waals surface area contributed by atoms with Crippen LogP contribution in [0, 0.1) is 5.82 Å². The highest BCUT2D eigenvalue weighted by Gasteiger charge is 2.09. The minimum absolute atomic E-state index is 0.179. The number of anilines is 3. The first-order valence-corrected chi connectivity index (χ1v) is 6.25. The number of para-hydroxylation sites is 1. The van der Waals surface area contributed by atoms with Crippen molar-refractivity contribution < 1.29 is 14.0 Å². The first kappa shape index (κ1) is 14.5. The third-order valence-electron chi connectivity index (χ3n) is 2.57. The SMILES string of the molecule is CC(=O)Nc1ccc(F)cc1NC(=O)Nc1ccccc1. The number of benzene rings is 2. The summed E-state index contributed by atoms with van der Waals surface area (Å²) < 4.78 is 13.3. The van der Waals surface area contributed by atoms with Crippen molar-refractivity contribution in [1.82, 2.24) is 0 Å². The maximum atomic E-state index is 13.3. The van der Waals surface area contributed by atoms with Crippen molar-refractivity contribution >= 4 is 29.0 Å². The summed E-state index contributed by atoms with van der Waals surface area (Å²) in [6.07, 6.45) is 0. The Morgan fingerprint density at radius 3 is 2.29 bits per heavy atom. The van der Waals surface area contributed by atoms with Gasteiger partial charge in [-0.2, -0.15) is 0 Å². The van der Waals surface area contributed by atoms with Crippen molar-refractivity contribution in [2.75, 3.05) is 16.0 Å². The van der Waals surface area contributed by atoms with Gasteiger partial charge in [-0.1, -0.05) is 18.2 Å². The summed E-state index contributed by atoms with van der Waals surface area (Å²) >= 11 is 0. The van der Waals surface area contributed by atoms with Crippen LogP contribution in [-0.2, 0) is 4.79 Å². The van der Waals surface area contributed by atoms with Gasteiger partial charge >= 0.3 is 6.03 Å². The van der Waals surface area contributed by atoms with Crippen molar-refractivity contribution in [2.45, 2.75) is 6.92 Å². The van der Waals surface area contributed by atoms with Crippen molar-refractivity contribution in [1.29, 1.82) is 0 Å². The van der Waals surface area contributed by atoms with Gasteiger partial charge in [0.05, 0.1) is 11.4 Å². The van der Waals surface area contributed by atoms with Crippen molar-refractivity contribution in [3.8, 4) is 0 Å². The molecule has 0 aliphatic carbocycles. The van der Waals surface area contributed by atoms with Crippen molar-refractivity contribution in [3.63, 3.8) is 0 Å². The summed E-state index contributed by atoms with van der Waals surface area (Å²) in [4.78, 5) is 23.0. The van der Waals surface area contributed by atoms with E-state index in [4.69, 9.17) is 0 Å². The Kier molecular flexibility index (Phi) is 4.50. The lowest BCUT2D eigenvalue weighted by atomic mass is 10.2. The van der Waals surface area contributed by atoms with E-state index < -0.39 is 11.8 Å². The molecule has 0 saturated carbocycles. The van der Waals surface area contributed by atoms with Crippen LogP contribution in [0.15, 0.2) is 48.5 Å². The third kappa shape index (κ3) is 4.31. The fraction of sp³-hybridized carbons (Fsp3) is 0.0667. The topological polar surface area (TPSA) is 70.2 Å². The van der Waals surface area contributed by atoms with Crippen LogP contribution in [0.5, 0.6) is 0 Å². The minimum Gasteiger partial charge on any atom is -0.325 e. The molecule has 0 spiro atoms. The third-order valence-corrected chi connectivity index (χ3v) is 2.57. The predicted molar refractivity (Wildman–Crippen MR) is 79.8 cm³/mol. The molecule has 0 unspecified atom stereocenters. The number of nitrogens with one attached hydrogen (secondary N) is 3. The van der Waals surface area contributed by atoms with Gasteiger partial charge in [0.15, 0.2) is 0 Å². The Hall–Kier alpha value is -2.89. The van der Waals surface area contributed by atoms with Crippen LogP contribution in [0.2, 0.25) is 0 Å². The first-order valence-electron chi connectivity index (χ1n) is 6.25. The maximum Gasteiger partial charge on any atom is 0.323 e. The number of hydrogen-bond donors (Lipinski definition) is 3. The Balaban J connectivity index is 2.12. The molecule has 2 rings (SSSR count). The van der Waals surface area contributed by atoms with E-state index in [0.29, 0.717) is 11.4 Å². The minimum atomic E-state index is -0.529. The molecule has 21 heavy (non-hydrogen) atoms. The molecule has 0 aromatic heterocycles. The normalized spacial score (nSPS) is 9.81. The zero-order chi connectivity index (χ0) is 15.2. The Labute approximate surface area is 121 Å². The number of halogens is 1. The van der Waals surface area contributed by atoms with Crippen LogP contribution in [-0.4, -0.2) is 11.9 Å². The van der Waals surface area contributed by atoms with Crippen LogP contribution >= 0.6 is 0 Å². The quantitative estimate of drug-likeness (QED) is 0.809. The maximum absolute atomic E-state index is 13.3. The largest absolute Gasteiger partial charge is 0.325 e. The second-order valence-electron chi connectivity index (χ2n) is 4.32. The van der Waals surface area contributed by atoms with Gasteiger partial charge in [0, 0.05) is 12.6 Å². The zero-order valence-electron chi connectivity index (χ0n) is 11.3. The van der Waals surface area contributed by atoms with E-state index in [2.05, 4.69) is 16.0 Å². The fourth-order valence-corrected chi connectivity index (χ4v) is 1.72. The molecule has 0 saturated heterocycles. The standard InChI is InChI=1S/C15H14FN3O2/c1-10(20)17-13-8-7-11(16)9-14(13)19-15(21)18-12-5-3-2-4-6-12/h2-9H,1H3,(H,17,20)(H2,18,19,21). The molecule has 0 radical (unpaired) electrons. The van der Waals surface area contributed by atoms with Gasteiger partial charge in [0.2, 0.25) is 5.91 Å². The molecule has 0 aliphatic rings. The lowest BCUT2D eigenvalue weighted by Crippen LogP contribution is -2.20. The number of carbonyl (C=O) groups is 2. The summed E-state index contributed by atoms with van der Waals surface area (Å²) in [5.74, 6) is -0.827. The molecule has 5 nitrogen and oxygen atoms in total. The summed E-state index contributed by atoms with van der Waals surface area (Å²) in [6, 6.07) is 12.0. The molecule has 0 heterocycles. The van der Waals surface area contributed by atoms with Crippen LogP contribution in [0.1, 0.15) is 6.92 Å². The number of carbonyl (C=O) groups excluding carboxylic acids is 2. The molecule has 0 aliphatic heterocycles. The average Bonchev–Trinajstić information content (AvgIpc) is 2.42. The van der Waals surface area contributed by atoms with Crippen molar-refractivity contribution in [3.05, 3.63) is 54.3 Å². The second kappa shape index (κ2) is 6.51. The highest BCUT2D eigenvalue weighted by Crippen LogP contribution is 2.23. The predicted octanol–water partition coefficient (Wildman–Crippen LogP) is 3.43. The van der Waals surface area contributed by atoms with E-state index in [1.165, 1.54) is 19.1 Å². The van der Waals surface area contributed by atoms with Crippen molar-refractivity contribution in [2.24, 2.45) is 0 Å². The molecule has 2 aromatic carbocycles. The van der Waals surface area contributed by atoms with Crippen LogP contribution < -0.4 is 16.0 Å². The summed E-state index contributed by atoms with van der Waals surface area (Å²) in [6.45, 7) is 1.33. The van der Waals surface area contributed by atoms with Gasteiger partial charge in [0.25, 0.3) is 0 Å². The zero-order valence-corrected chi connectivity index (χ0v) is 11.3. The molecule has 2 aromatic rings. The van der Waals surface area contributed by atoms with Gasteiger partial charge in [-0.05, 0) is 30.3 Å². The highest BCUT2D eigenvalue weighted by molar-refractivity contribution is 6.03. The Morgan fingerprint density at radius 1 is 0.905 bits per heavy atom. The number of hydrogen-bond acceptors (Lipinski definition) is 2. The molecule has 108 valence electrons. The molecule has 0 atom stereocenters. The van der Waals surface area contributed by atoms with Gasteiger partial charge in [-0.15, -0.1) is 0 Å². The van der Waals surface area contributed by atoms with Gasteiger partial charge in [0.1, 0.15) is 5.82 Å². The summed E-state index contributed by atoms with van der Waals surface area (Å²) in [5.41, 5.74) is 1.11. The molecular weight excluding hydrogens is 273 g/mol. The Morgan fingerprint density at radius 2 is 1.62 bits per heavy atom. The van der Waals surface area contributed by atoms with Crippen LogP contribution in [0.25, 0.3) is 0 Å². The van der Waals surface area contributed by atoms with E-state index in [0.717, 1.165) is 6.07 Å². The summed E-state index contributed by atoms with van der Waals surface area (Å²) in [5, 5.41) is 7.63. The number of rotatable bonds is 3. The summed E-state index contributed by atoms with van der Waals surface area (Å²) in [7, 11) is 0. The van der Waals surface area contributed by atoms with E-state index in [1.807, 2.05) is 6.07 Å². The Bertz CT molecular complexity index is 659. The molecule has 3 N–H and O–H groups in total. The fourth-order valence-electron chi connectivity index (χ4n) is 1.72. The molecular formula is C15H14FN3O2. The van der Waals surface area contributed by atoms with E-state index >= 15 is 0 Å². The monoisotopic (exact) mass is 287 g/mol. The van der Waals surface area contributed by atoms with E-state index in [9.17, 15) is 14.0 Å². The number of amides is 3. The van der Waals surface area contributed by atoms with Gasteiger partial charge in [-0.25, -0.2) is 9.18 Å². The van der Waals surface area contributed by atoms with Gasteiger partial charge in [-0.3, -0.25) is 4.79 Å². The molecule has 0 bridgehead atoms. The molecule has 0 fully saturated rings. The van der Waals surface area contributed by atoms with E-state index in [-0.39, 0.29) is 11.6 Å². The highest BCUT2D eigenvalue weighted by atomic mass is 19.1. The second-order valence-corrected chi connectivity index (χ2v) is 4.32. The lowest BCUT2D eigenvalue weighted by molar-refractivity contribution is -0.114. The molecule has 3 amide bonds. The lowest BCUT2D eigenvalue weighted by Gasteiger charge is -2.12. The first-order chi connectivity index (χ1) is 10.0. The average molecular weight is 287 g/mol. The number of urea groups is 1. The smallest absolute Gasteiger partial charge is 0.323 e. The van der Waals surface area contributed by atoms with Gasteiger partial charge < -0.3 is 16.0 Å². The van der Waals surface area contributed by atoms with Crippen LogP contribution in [0.3, 0.4) is 0 Å². The van der Waals surface area contributed by atoms with Crippen LogP contribution in [0.4, 0.5) is 26.2 Å². The molecule has 6 heteroatoms. The van der Waals surface area contributed by atoms with E-state index in [1.54, 1.807) is 24.3 Å².